The Hall–Kier alpha value is -1.03. The number of rotatable bonds is 5. The predicted octanol–water partition coefficient (Wildman–Crippen LogP) is 4.94. The highest BCUT2D eigenvalue weighted by molar-refractivity contribution is 9.10. The molecule has 0 aliphatic rings. The second-order valence-corrected chi connectivity index (χ2v) is 6.33. The van der Waals surface area contributed by atoms with Crippen LogP contribution in [0.4, 0.5) is 5.69 Å². The molecule has 1 atom stereocenters. The lowest BCUT2D eigenvalue weighted by atomic mass is 10.0. The molecule has 0 heterocycles. The van der Waals surface area contributed by atoms with E-state index in [-0.39, 0.29) is 6.04 Å². The molecular formula is C17H20BrClN2. The van der Waals surface area contributed by atoms with Crippen LogP contribution in [0.25, 0.3) is 0 Å². The third-order valence-corrected chi connectivity index (χ3v) is 4.58. The minimum absolute atomic E-state index is 0.0887. The van der Waals surface area contributed by atoms with E-state index < -0.39 is 0 Å². The van der Waals surface area contributed by atoms with E-state index in [4.69, 9.17) is 17.3 Å². The SMILES string of the molecule is CCN(c1ccc(C)cc1)C(CN)c1cc(Cl)ccc1Br. The van der Waals surface area contributed by atoms with Crippen LogP contribution < -0.4 is 10.6 Å². The Morgan fingerprint density at radius 3 is 2.43 bits per heavy atom. The Kier molecular flexibility index (Phi) is 5.68. The van der Waals surface area contributed by atoms with Gasteiger partial charge in [0.2, 0.25) is 0 Å². The Bertz CT molecular complexity index is 598. The van der Waals surface area contributed by atoms with Gasteiger partial charge in [-0.3, -0.25) is 0 Å². The third kappa shape index (κ3) is 3.79. The summed E-state index contributed by atoms with van der Waals surface area (Å²) in [6.45, 7) is 5.64. The molecule has 0 aliphatic carbocycles. The molecule has 2 aromatic carbocycles. The van der Waals surface area contributed by atoms with Crippen LogP contribution in [0.1, 0.15) is 24.1 Å². The van der Waals surface area contributed by atoms with Gasteiger partial charge in [-0.2, -0.15) is 0 Å². The zero-order chi connectivity index (χ0) is 15.4. The monoisotopic (exact) mass is 366 g/mol. The smallest absolute Gasteiger partial charge is 0.0676 e. The number of aryl methyl sites for hydroxylation is 1. The first-order valence-corrected chi connectivity index (χ1v) is 8.22. The highest BCUT2D eigenvalue weighted by Crippen LogP contribution is 2.32. The summed E-state index contributed by atoms with van der Waals surface area (Å²) >= 11 is 9.77. The Morgan fingerprint density at radius 2 is 1.86 bits per heavy atom. The van der Waals surface area contributed by atoms with Crippen molar-refractivity contribution in [3.8, 4) is 0 Å². The van der Waals surface area contributed by atoms with Crippen LogP contribution in [0.5, 0.6) is 0 Å². The standard InChI is InChI=1S/C17H20BrClN2/c1-3-21(14-7-4-12(2)5-8-14)17(11-20)15-10-13(19)6-9-16(15)18/h4-10,17H,3,11,20H2,1-2H3. The fraction of sp³-hybridized carbons (Fsp3) is 0.294. The fourth-order valence-electron chi connectivity index (χ4n) is 2.51. The molecule has 2 rings (SSSR count). The van der Waals surface area contributed by atoms with E-state index in [1.807, 2.05) is 18.2 Å². The number of likely N-dealkylation sites (N-methyl/N-ethyl adjacent to an activating group) is 1. The average Bonchev–Trinajstić information content (AvgIpc) is 2.49. The lowest BCUT2D eigenvalue weighted by Crippen LogP contribution is -2.34. The average molecular weight is 368 g/mol. The molecule has 0 amide bonds. The molecule has 2 nitrogen and oxygen atoms in total. The zero-order valence-corrected chi connectivity index (χ0v) is 14.7. The van der Waals surface area contributed by atoms with Crippen molar-refractivity contribution >= 4 is 33.2 Å². The topological polar surface area (TPSA) is 29.3 Å². The highest BCUT2D eigenvalue weighted by atomic mass is 79.9. The summed E-state index contributed by atoms with van der Waals surface area (Å²) in [5, 5.41) is 0.728. The quantitative estimate of drug-likeness (QED) is 0.811. The summed E-state index contributed by atoms with van der Waals surface area (Å²) in [6.07, 6.45) is 0. The molecule has 0 fully saturated rings. The largest absolute Gasteiger partial charge is 0.363 e. The van der Waals surface area contributed by atoms with E-state index in [1.54, 1.807) is 0 Å². The third-order valence-electron chi connectivity index (χ3n) is 3.62. The van der Waals surface area contributed by atoms with Crippen molar-refractivity contribution < 1.29 is 0 Å². The van der Waals surface area contributed by atoms with Crippen LogP contribution in [0.2, 0.25) is 5.02 Å². The molecule has 1 unspecified atom stereocenters. The first kappa shape index (κ1) is 16.3. The summed E-state index contributed by atoms with van der Waals surface area (Å²) < 4.78 is 1.04. The minimum Gasteiger partial charge on any atom is -0.363 e. The zero-order valence-electron chi connectivity index (χ0n) is 12.3. The van der Waals surface area contributed by atoms with Gasteiger partial charge in [0.1, 0.15) is 0 Å². The van der Waals surface area contributed by atoms with Gasteiger partial charge in [0.05, 0.1) is 6.04 Å². The number of hydrogen-bond acceptors (Lipinski definition) is 2. The molecule has 0 aromatic heterocycles. The van der Waals surface area contributed by atoms with Gasteiger partial charge in [0.15, 0.2) is 0 Å². The van der Waals surface area contributed by atoms with Crippen molar-refractivity contribution in [1.82, 2.24) is 0 Å². The highest BCUT2D eigenvalue weighted by Gasteiger charge is 2.20. The van der Waals surface area contributed by atoms with E-state index >= 15 is 0 Å². The first-order valence-electron chi connectivity index (χ1n) is 7.05. The van der Waals surface area contributed by atoms with E-state index in [1.165, 1.54) is 11.3 Å². The van der Waals surface area contributed by atoms with E-state index in [9.17, 15) is 0 Å². The van der Waals surface area contributed by atoms with Gasteiger partial charge in [0.25, 0.3) is 0 Å². The molecule has 0 radical (unpaired) electrons. The summed E-state index contributed by atoms with van der Waals surface area (Å²) in [7, 11) is 0. The van der Waals surface area contributed by atoms with Gasteiger partial charge in [-0.1, -0.05) is 45.2 Å². The molecule has 0 saturated heterocycles. The van der Waals surface area contributed by atoms with E-state index in [0.29, 0.717) is 6.54 Å². The number of nitrogens with two attached hydrogens (primary N) is 1. The maximum absolute atomic E-state index is 6.15. The van der Waals surface area contributed by atoms with Crippen LogP contribution in [0.3, 0.4) is 0 Å². The summed E-state index contributed by atoms with van der Waals surface area (Å²) in [5.41, 5.74) is 9.60. The van der Waals surface area contributed by atoms with E-state index in [0.717, 1.165) is 21.6 Å². The van der Waals surface area contributed by atoms with Gasteiger partial charge in [0, 0.05) is 28.3 Å². The van der Waals surface area contributed by atoms with Crippen molar-refractivity contribution in [1.29, 1.82) is 0 Å². The predicted molar refractivity (Wildman–Crippen MR) is 95.1 cm³/mol. The lowest BCUT2D eigenvalue weighted by molar-refractivity contribution is 0.641. The van der Waals surface area contributed by atoms with Crippen molar-refractivity contribution in [2.75, 3.05) is 18.0 Å². The second-order valence-electron chi connectivity index (χ2n) is 5.04. The second kappa shape index (κ2) is 7.30. The lowest BCUT2D eigenvalue weighted by Gasteiger charge is -2.33. The molecule has 2 aromatic rings. The molecule has 0 aliphatic heterocycles. The Morgan fingerprint density at radius 1 is 1.19 bits per heavy atom. The molecule has 112 valence electrons. The Balaban J connectivity index is 2.42. The molecule has 21 heavy (non-hydrogen) atoms. The van der Waals surface area contributed by atoms with Crippen LogP contribution in [-0.2, 0) is 0 Å². The summed E-state index contributed by atoms with van der Waals surface area (Å²) in [6, 6.07) is 14.5. The summed E-state index contributed by atoms with van der Waals surface area (Å²) in [4.78, 5) is 2.30. The minimum atomic E-state index is 0.0887. The first-order chi connectivity index (χ1) is 10.1. The normalized spacial score (nSPS) is 12.2. The van der Waals surface area contributed by atoms with Gasteiger partial charge in [-0.05, 0) is 49.7 Å². The van der Waals surface area contributed by atoms with E-state index in [2.05, 4.69) is 58.9 Å². The molecule has 0 spiro atoms. The van der Waals surface area contributed by atoms with Crippen LogP contribution >= 0.6 is 27.5 Å². The number of anilines is 1. The van der Waals surface area contributed by atoms with Gasteiger partial charge < -0.3 is 10.6 Å². The van der Waals surface area contributed by atoms with Crippen molar-refractivity contribution in [3.05, 3.63) is 63.1 Å². The van der Waals surface area contributed by atoms with Crippen LogP contribution in [0.15, 0.2) is 46.9 Å². The fourth-order valence-corrected chi connectivity index (χ4v) is 3.20. The molecule has 0 saturated carbocycles. The maximum Gasteiger partial charge on any atom is 0.0676 e. The molecule has 2 N–H and O–H groups in total. The summed E-state index contributed by atoms with van der Waals surface area (Å²) in [5.74, 6) is 0. The number of benzene rings is 2. The van der Waals surface area contributed by atoms with Crippen LogP contribution in [0, 0.1) is 6.92 Å². The Labute approximate surface area is 140 Å². The van der Waals surface area contributed by atoms with Crippen LogP contribution in [-0.4, -0.2) is 13.1 Å². The van der Waals surface area contributed by atoms with Gasteiger partial charge in [-0.25, -0.2) is 0 Å². The molecule has 0 bridgehead atoms. The molecule has 4 heteroatoms. The van der Waals surface area contributed by atoms with Gasteiger partial charge >= 0.3 is 0 Å². The maximum atomic E-state index is 6.15. The van der Waals surface area contributed by atoms with Crippen molar-refractivity contribution in [2.45, 2.75) is 19.9 Å². The van der Waals surface area contributed by atoms with Crippen molar-refractivity contribution in [2.24, 2.45) is 5.73 Å². The number of halogens is 2. The van der Waals surface area contributed by atoms with Gasteiger partial charge in [-0.15, -0.1) is 0 Å². The number of nitrogens with zero attached hydrogens (tertiary/aromatic N) is 1. The molecular weight excluding hydrogens is 348 g/mol. The van der Waals surface area contributed by atoms with Crippen molar-refractivity contribution in [3.63, 3.8) is 0 Å². The number of hydrogen-bond donors (Lipinski definition) is 1.